The van der Waals surface area contributed by atoms with Gasteiger partial charge in [-0.15, -0.1) is 11.3 Å². The van der Waals surface area contributed by atoms with Gasteiger partial charge in [-0.3, -0.25) is 14.2 Å². The molecule has 146 valence electrons. The first-order chi connectivity index (χ1) is 13.6. The van der Waals surface area contributed by atoms with Crippen LogP contribution in [0.3, 0.4) is 0 Å². The molecule has 2 aromatic heterocycles. The number of amides is 1. The fourth-order valence-electron chi connectivity index (χ4n) is 3.62. The highest BCUT2D eigenvalue weighted by atomic mass is 32.2. The molecule has 0 bridgehead atoms. The second-order valence-corrected chi connectivity index (χ2v) is 9.07. The molecular formula is C21H23N3O2S2. The molecule has 0 saturated heterocycles. The number of nitrogens with zero attached hydrogens (tertiary/aromatic N) is 2. The molecule has 0 saturated carbocycles. The fourth-order valence-corrected chi connectivity index (χ4v) is 5.75. The minimum atomic E-state index is -0.0923. The van der Waals surface area contributed by atoms with Crippen molar-refractivity contribution in [2.24, 2.45) is 0 Å². The van der Waals surface area contributed by atoms with Crippen LogP contribution < -0.4 is 10.9 Å². The van der Waals surface area contributed by atoms with Crippen LogP contribution in [-0.4, -0.2) is 21.2 Å². The summed E-state index contributed by atoms with van der Waals surface area (Å²) in [6.07, 6.45) is 4.00. The molecule has 2 heterocycles. The lowest BCUT2D eigenvalue weighted by Gasteiger charge is -2.12. The van der Waals surface area contributed by atoms with Gasteiger partial charge in [0.2, 0.25) is 5.91 Å². The van der Waals surface area contributed by atoms with Crippen molar-refractivity contribution in [2.45, 2.75) is 51.2 Å². The highest BCUT2D eigenvalue weighted by molar-refractivity contribution is 7.99. The van der Waals surface area contributed by atoms with E-state index in [0.29, 0.717) is 11.7 Å². The Bertz CT molecular complexity index is 1100. The molecule has 7 heteroatoms. The van der Waals surface area contributed by atoms with E-state index in [1.165, 1.54) is 22.2 Å². The SMILES string of the molecule is CCCn1c(SCC(=O)Nc2ccccc2C)nc2sc3c(c2c1=O)CCC3. The van der Waals surface area contributed by atoms with Gasteiger partial charge in [-0.1, -0.05) is 36.9 Å². The summed E-state index contributed by atoms with van der Waals surface area (Å²) in [5.41, 5.74) is 3.10. The Labute approximate surface area is 172 Å². The molecule has 1 aromatic carbocycles. The van der Waals surface area contributed by atoms with E-state index in [9.17, 15) is 9.59 Å². The normalized spacial score (nSPS) is 13.1. The second kappa shape index (κ2) is 8.09. The number of carbonyl (C=O) groups is 1. The number of rotatable bonds is 6. The van der Waals surface area contributed by atoms with Crippen molar-refractivity contribution in [3.63, 3.8) is 0 Å². The molecule has 0 atom stereocenters. The van der Waals surface area contributed by atoms with Gasteiger partial charge >= 0.3 is 0 Å². The topological polar surface area (TPSA) is 64.0 Å². The average Bonchev–Trinajstić information content (AvgIpc) is 3.25. The van der Waals surface area contributed by atoms with Crippen molar-refractivity contribution < 1.29 is 4.79 Å². The van der Waals surface area contributed by atoms with Gasteiger partial charge in [0, 0.05) is 17.1 Å². The van der Waals surface area contributed by atoms with Gasteiger partial charge in [0.25, 0.3) is 5.56 Å². The molecule has 28 heavy (non-hydrogen) atoms. The number of anilines is 1. The molecule has 1 aliphatic carbocycles. The van der Waals surface area contributed by atoms with Crippen LogP contribution in [0.2, 0.25) is 0 Å². The van der Waals surface area contributed by atoms with Crippen LogP contribution in [0.5, 0.6) is 0 Å². The number of nitrogens with one attached hydrogen (secondary N) is 1. The monoisotopic (exact) mass is 413 g/mol. The molecule has 0 unspecified atom stereocenters. The molecule has 1 amide bonds. The Morgan fingerprint density at radius 3 is 2.93 bits per heavy atom. The van der Waals surface area contributed by atoms with E-state index in [1.54, 1.807) is 15.9 Å². The number of aromatic nitrogens is 2. The standard InChI is InChI=1S/C21H23N3O2S2/c1-3-11-24-20(26)18-14-8-6-10-16(14)28-19(18)23-21(24)27-12-17(25)22-15-9-5-4-7-13(15)2/h4-5,7,9H,3,6,8,10-12H2,1-2H3,(H,22,25). The minimum absolute atomic E-state index is 0.0491. The second-order valence-electron chi connectivity index (χ2n) is 7.04. The number of thiophene rings is 1. The fraction of sp³-hybridized carbons (Fsp3) is 0.381. The maximum atomic E-state index is 13.2. The van der Waals surface area contributed by atoms with Crippen LogP contribution in [0.4, 0.5) is 5.69 Å². The van der Waals surface area contributed by atoms with Crippen molar-refractivity contribution >= 4 is 44.9 Å². The van der Waals surface area contributed by atoms with E-state index in [2.05, 4.69) is 5.32 Å². The van der Waals surface area contributed by atoms with E-state index in [-0.39, 0.29) is 17.2 Å². The molecule has 0 radical (unpaired) electrons. The van der Waals surface area contributed by atoms with Crippen LogP contribution in [0, 0.1) is 6.92 Å². The first-order valence-electron chi connectivity index (χ1n) is 9.62. The lowest BCUT2D eigenvalue weighted by atomic mass is 10.2. The average molecular weight is 414 g/mol. The summed E-state index contributed by atoms with van der Waals surface area (Å²) in [5, 5.41) is 4.39. The van der Waals surface area contributed by atoms with Gasteiger partial charge in [-0.2, -0.15) is 0 Å². The van der Waals surface area contributed by atoms with Crippen LogP contribution in [-0.2, 0) is 24.2 Å². The summed E-state index contributed by atoms with van der Waals surface area (Å²) in [7, 11) is 0. The minimum Gasteiger partial charge on any atom is -0.325 e. The highest BCUT2D eigenvalue weighted by Gasteiger charge is 2.23. The van der Waals surface area contributed by atoms with Gasteiger partial charge < -0.3 is 5.32 Å². The molecule has 5 nitrogen and oxygen atoms in total. The summed E-state index contributed by atoms with van der Waals surface area (Å²) in [5.74, 6) is 0.131. The number of aryl methyl sites for hydroxylation is 3. The molecule has 0 aliphatic heterocycles. The van der Waals surface area contributed by atoms with E-state index < -0.39 is 0 Å². The van der Waals surface area contributed by atoms with Gasteiger partial charge in [0.05, 0.1) is 11.1 Å². The molecule has 4 rings (SSSR count). The van der Waals surface area contributed by atoms with E-state index >= 15 is 0 Å². The summed E-state index contributed by atoms with van der Waals surface area (Å²) < 4.78 is 1.75. The Kier molecular flexibility index (Phi) is 5.55. The maximum Gasteiger partial charge on any atom is 0.263 e. The maximum absolute atomic E-state index is 13.2. The molecule has 0 spiro atoms. The van der Waals surface area contributed by atoms with Crippen LogP contribution >= 0.6 is 23.1 Å². The third kappa shape index (κ3) is 3.61. The van der Waals surface area contributed by atoms with E-state index in [4.69, 9.17) is 4.98 Å². The van der Waals surface area contributed by atoms with Crippen molar-refractivity contribution in [2.75, 3.05) is 11.1 Å². The van der Waals surface area contributed by atoms with Gasteiger partial charge in [0.15, 0.2) is 5.16 Å². The zero-order valence-corrected chi connectivity index (χ0v) is 17.7. The number of benzene rings is 1. The molecule has 1 aliphatic rings. The van der Waals surface area contributed by atoms with Crippen LogP contribution in [0.15, 0.2) is 34.2 Å². The van der Waals surface area contributed by atoms with Gasteiger partial charge in [0.1, 0.15) is 4.83 Å². The summed E-state index contributed by atoms with van der Waals surface area (Å²) >= 11 is 2.98. The Morgan fingerprint density at radius 2 is 2.14 bits per heavy atom. The summed E-state index contributed by atoms with van der Waals surface area (Å²) in [4.78, 5) is 32.5. The predicted molar refractivity (Wildman–Crippen MR) is 117 cm³/mol. The van der Waals surface area contributed by atoms with Crippen LogP contribution in [0.25, 0.3) is 10.2 Å². The Morgan fingerprint density at radius 1 is 1.32 bits per heavy atom. The van der Waals surface area contributed by atoms with Crippen molar-refractivity contribution in [3.05, 3.63) is 50.6 Å². The number of carbonyl (C=O) groups excluding carboxylic acids is 1. The third-order valence-electron chi connectivity index (χ3n) is 4.99. The van der Waals surface area contributed by atoms with Crippen molar-refractivity contribution in [1.82, 2.24) is 9.55 Å². The lowest BCUT2D eigenvalue weighted by molar-refractivity contribution is -0.113. The molecule has 3 aromatic rings. The van der Waals surface area contributed by atoms with Crippen molar-refractivity contribution in [3.8, 4) is 0 Å². The van der Waals surface area contributed by atoms with E-state index in [0.717, 1.165) is 47.2 Å². The van der Waals surface area contributed by atoms with Crippen molar-refractivity contribution in [1.29, 1.82) is 0 Å². The smallest absolute Gasteiger partial charge is 0.263 e. The Hall–Kier alpha value is -2.12. The number of para-hydroxylation sites is 1. The zero-order valence-electron chi connectivity index (χ0n) is 16.1. The zero-order chi connectivity index (χ0) is 19.7. The third-order valence-corrected chi connectivity index (χ3v) is 7.15. The molecule has 0 fully saturated rings. The summed E-state index contributed by atoms with van der Waals surface area (Å²) in [6, 6.07) is 7.70. The summed E-state index contributed by atoms with van der Waals surface area (Å²) in [6.45, 7) is 4.63. The quantitative estimate of drug-likeness (QED) is 0.481. The van der Waals surface area contributed by atoms with Crippen LogP contribution in [0.1, 0.15) is 35.8 Å². The van der Waals surface area contributed by atoms with Gasteiger partial charge in [-0.25, -0.2) is 4.98 Å². The number of thioether (sulfide) groups is 1. The first-order valence-corrected chi connectivity index (χ1v) is 11.4. The Balaban J connectivity index is 1.59. The number of hydrogen-bond acceptors (Lipinski definition) is 5. The highest BCUT2D eigenvalue weighted by Crippen LogP contribution is 2.35. The van der Waals surface area contributed by atoms with Gasteiger partial charge in [-0.05, 0) is 49.8 Å². The predicted octanol–water partition coefficient (Wildman–Crippen LogP) is 4.40. The molecular weight excluding hydrogens is 390 g/mol. The number of fused-ring (bicyclic) bond motifs is 3. The van der Waals surface area contributed by atoms with E-state index in [1.807, 2.05) is 38.1 Å². The first kappa shape index (κ1) is 19.2. The lowest BCUT2D eigenvalue weighted by Crippen LogP contribution is -2.24. The number of hydrogen-bond donors (Lipinski definition) is 1. The largest absolute Gasteiger partial charge is 0.325 e. The molecule has 1 N–H and O–H groups in total.